The number of nitrogens with zero attached hydrogens (tertiary/aromatic N) is 5. The number of methoxy groups -OCH3 is 1. The lowest BCUT2D eigenvalue weighted by molar-refractivity contribution is -0.128. The zero-order chi connectivity index (χ0) is 23.9. The summed E-state index contributed by atoms with van der Waals surface area (Å²) in [5.41, 5.74) is 1.73. The molecule has 1 aromatic heterocycles. The lowest BCUT2D eigenvalue weighted by Gasteiger charge is -2.36. The van der Waals surface area contributed by atoms with Gasteiger partial charge < -0.3 is 24.4 Å². The number of nitrogens with one attached hydrogen (secondary N) is 1. The van der Waals surface area contributed by atoms with Crippen molar-refractivity contribution in [1.29, 1.82) is 0 Å². The second kappa shape index (κ2) is 11.1. The number of carbonyl (C=O) groups excluding carboxylic acids is 2. The van der Waals surface area contributed by atoms with E-state index in [1.165, 1.54) is 17.4 Å². The molecule has 0 unspecified atom stereocenters. The van der Waals surface area contributed by atoms with E-state index >= 15 is 0 Å². The van der Waals surface area contributed by atoms with E-state index in [2.05, 4.69) is 32.5 Å². The molecular formula is C24H28N6O3S. The van der Waals surface area contributed by atoms with Crippen LogP contribution >= 0.6 is 11.8 Å². The maximum absolute atomic E-state index is 12.7. The van der Waals surface area contributed by atoms with Crippen LogP contribution in [0.3, 0.4) is 0 Å². The molecule has 1 fully saturated rings. The van der Waals surface area contributed by atoms with Crippen molar-refractivity contribution in [3.8, 4) is 5.75 Å². The van der Waals surface area contributed by atoms with Crippen molar-refractivity contribution in [3.63, 3.8) is 0 Å². The number of para-hydroxylation sites is 1. The van der Waals surface area contributed by atoms with Crippen molar-refractivity contribution < 1.29 is 14.3 Å². The van der Waals surface area contributed by atoms with Gasteiger partial charge in [0.15, 0.2) is 11.0 Å². The van der Waals surface area contributed by atoms with Gasteiger partial charge in [0.25, 0.3) is 5.91 Å². The third-order valence-electron chi connectivity index (χ3n) is 5.76. The molecule has 1 aliphatic rings. The summed E-state index contributed by atoms with van der Waals surface area (Å²) >= 11 is 1.36. The van der Waals surface area contributed by atoms with Gasteiger partial charge in [-0.15, -0.1) is 10.2 Å². The number of hydrogen-bond donors (Lipinski definition) is 1. The van der Waals surface area contributed by atoms with E-state index in [1.54, 1.807) is 35.9 Å². The van der Waals surface area contributed by atoms with Crippen LogP contribution in [0.2, 0.25) is 0 Å². The molecule has 1 N–H and O–H groups in total. The van der Waals surface area contributed by atoms with E-state index in [0.29, 0.717) is 41.1 Å². The lowest BCUT2D eigenvalue weighted by Crippen LogP contribution is -2.49. The summed E-state index contributed by atoms with van der Waals surface area (Å²) in [5.74, 6) is 1.50. The number of benzene rings is 2. The summed E-state index contributed by atoms with van der Waals surface area (Å²) in [7, 11) is 3.42. The number of carbonyl (C=O) groups is 2. The lowest BCUT2D eigenvalue weighted by atomic mass is 10.2. The van der Waals surface area contributed by atoms with Crippen molar-refractivity contribution in [1.82, 2.24) is 25.0 Å². The number of anilines is 1. The van der Waals surface area contributed by atoms with Gasteiger partial charge in [-0.3, -0.25) is 9.59 Å². The van der Waals surface area contributed by atoms with Crippen molar-refractivity contribution in [2.45, 2.75) is 11.7 Å². The van der Waals surface area contributed by atoms with Crippen LogP contribution in [0.4, 0.5) is 5.69 Å². The molecule has 0 atom stereocenters. The molecule has 2 heterocycles. The maximum Gasteiger partial charge on any atom is 0.251 e. The van der Waals surface area contributed by atoms with Gasteiger partial charge >= 0.3 is 0 Å². The molecule has 2 amide bonds. The normalized spacial score (nSPS) is 13.6. The highest BCUT2D eigenvalue weighted by Gasteiger charge is 2.22. The summed E-state index contributed by atoms with van der Waals surface area (Å²) < 4.78 is 6.92. The van der Waals surface area contributed by atoms with Crippen LogP contribution in [0, 0.1) is 0 Å². The first kappa shape index (κ1) is 23.6. The fraction of sp³-hybridized carbons (Fsp3) is 0.333. The Bertz CT molecular complexity index is 1110. The summed E-state index contributed by atoms with van der Waals surface area (Å²) in [5, 5.41) is 11.8. The van der Waals surface area contributed by atoms with E-state index in [0.717, 1.165) is 13.1 Å². The van der Waals surface area contributed by atoms with Crippen LogP contribution in [0.5, 0.6) is 5.75 Å². The molecule has 34 heavy (non-hydrogen) atoms. The van der Waals surface area contributed by atoms with Crippen LogP contribution in [-0.4, -0.2) is 70.5 Å². The molecule has 2 aromatic carbocycles. The number of thioether (sulfide) groups is 1. The van der Waals surface area contributed by atoms with Gasteiger partial charge in [-0.2, -0.15) is 0 Å². The van der Waals surface area contributed by atoms with Gasteiger partial charge in [-0.25, -0.2) is 0 Å². The quantitative estimate of drug-likeness (QED) is 0.494. The Morgan fingerprint density at radius 3 is 2.38 bits per heavy atom. The van der Waals surface area contributed by atoms with Crippen molar-refractivity contribution in [3.05, 3.63) is 66.0 Å². The zero-order valence-corrected chi connectivity index (χ0v) is 20.1. The maximum atomic E-state index is 12.7. The average Bonchev–Trinajstić information content (AvgIpc) is 3.25. The highest BCUT2D eigenvalue weighted by Crippen LogP contribution is 2.19. The van der Waals surface area contributed by atoms with Gasteiger partial charge in [0, 0.05) is 44.5 Å². The van der Waals surface area contributed by atoms with Crippen molar-refractivity contribution in [2.24, 2.45) is 7.05 Å². The second-order valence-corrected chi connectivity index (χ2v) is 8.80. The van der Waals surface area contributed by atoms with Crippen LogP contribution in [0.25, 0.3) is 0 Å². The molecule has 0 spiro atoms. The van der Waals surface area contributed by atoms with Gasteiger partial charge in [0.05, 0.1) is 19.4 Å². The molecule has 10 heteroatoms. The van der Waals surface area contributed by atoms with Gasteiger partial charge in [-0.1, -0.05) is 30.0 Å². The third kappa shape index (κ3) is 5.69. The smallest absolute Gasteiger partial charge is 0.251 e. The topological polar surface area (TPSA) is 92.6 Å². The van der Waals surface area contributed by atoms with E-state index in [1.807, 2.05) is 30.1 Å². The van der Waals surface area contributed by atoms with Crippen LogP contribution in [0.15, 0.2) is 59.8 Å². The monoisotopic (exact) mass is 480 g/mol. The average molecular weight is 481 g/mol. The standard InChI is InChI=1S/C24H28N6O3S/c1-28-21(16-25-23(32)18-8-10-20(33-2)11-9-18)26-27-24(28)34-17-22(31)30-14-12-29(13-15-30)19-6-4-3-5-7-19/h3-11H,12-17H2,1-2H3,(H,25,32). The number of ether oxygens (including phenoxy) is 1. The van der Waals surface area contributed by atoms with Crippen molar-refractivity contribution >= 4 is 29.3 Å². The van der Waals surface area contributed by atoms with Crippen molar-refractivity contribution in [2.75, 3.05) is 43.9 Å². The molecule has 3 aromatic rings. The minimum atomic E-state index is -0.204. The molecule has 1 saturated heterocycles. The first-order chi connectivity index (χ1) is 16.5. The molecule has 4 rings (SSSR count). The van der Waals surface area contributed by atoms with E-state index in [-0.39, 0.29) is 18.4 Å². The number of hydrogen-bond acceptors (Lipinski definition) is 7. The molecule has 178 valence electrons. The Hall–Kier alpha value is -3.53. The molecule has 1 aliphatic heterocycles. The molecule has 0 aliphatic carbocycles. The first-order valence-electron chi connectivity index (χ1n) is 11.1. The number of rotatable bonds is 8. The third-order valence-corrected chi connectivity index (χ3v) is 6.77. The molecule has 9 nitrogen and oxygen atoms in total. The predicted octanol–water partition coefficient (Wildman–Crippen LogP) is 2.19. The minimum Gasteiger partial charge on any atom is -0.497 e. The fourth-order valence-electron chi connectivity index (χ4n) is 3.70. The highest BCUT2D eigenvalue weighted by molar-refractivity contribution is 7.99. The summed E-state index contributed by atoms with van der Waals surface area (Å²) in [4.78, 5) is 29.3. The van der Waals surface area contributed by atoms with Crippen LogP contribution in [0.1, 0.15) is 16.2 Å². The summed E-state index contributed by atoms with van der Waals surface area (Å²) in [6.07, 6.45) is 0. The number of aromatic nitrogens is 3. The molecular weight excluding hydrogens is 452 g/mol. The van der Waals surface area contributed by atoms with E-state index in [4.69, 9.17) is 4.74 Å². The number of piperazine rings is 1. The molecule has 0 bridgehead atoms. The Kier molecular flexibility index (Phi) is 7.69. The minimum absolute atomic E-state index is 0.0927. The van der Waals surface area contributed by atoms with Gasteiger partial charge in [0.1, 0.15) is 5.75 Å². The fourth-order valence-corrected chi connectivity index (χ4v) is 4.53. The SMILES string of the molecule is COc1ccc(C(=O)NCc2nnc(SCC(=O)N3CCN(c4ccccc4)CC3)n2C)cc1. The van der Waals surface area contributed by atoms with Gasteiger partial charge in [-0.05, 0) is 36.4 Å². The Labute approximate surface area is 203 Å². The molecule has 0 radical (unpaired) electrons. The van der Waals surface area contributed by atoms with Gasteiger partial charge in [0.2, 0.25) is 5.91 Å². The van der Waals surface area contributed by atoms with Crippen LogP contribution in [-0.2, 0) is 18.4 Å². The highest BCUT2D eigenvalue weighted by atomic mass is 32.2. The summed E-state index contributed by atoms with van der Waals surface area (Å²) in [6.45, 7) is 3.29. The summed E-state index contributed by atoms with van der Waals surface area (Å²) in [6, 6.07) is 17.2. The zero-order valence-electron chi connectivity index (χ0n) is 19.3. The Morgan fingerprint density at radius 1 is 1.00 bits per heavy atom. The largest absolute Gasteiger partial charge is 0.497 e. The first-order valence-corrected chi connectivity index (χ1v) is 12.0. The Morgan fingerprint density at radius 2 is 1.71 bits per heavy atom. The van der Waals surface area contributed by atoms with E-state index in [9.17, 15) is 9.59 Å². The van der Waals surface area contributed by atoms with E-state index < -0.39 is 0 Å². The van der Waals surface area contributed by atoms with Crippen LogP contribution < -0.4 is 15.0 Å². The predicted molar refractivity (Wildman–Crippen MR) is 131 cm³/mol. The second-order valence-electron chi connectivity index (χ2n) is 7.86. The Balaban J connectivity index is 1.24. The molecule has 0 saturated carbocycles. The number of amides is 2.